The standard InChI is InChI=1S/C20H24FN3O/c21-18-10-4-5-11-19(18)23-20(25)22-14-16-8-2-3-9-17(16)15-24-12-6-1-7-13-24/h2-5,8-11H,1,6-7,12-15H2,(H2,22,23,25). The third kappa shape index (κ3) is 5.03. The summed E-state index contributed by atoms with van der Waals surface area (Å²) in [6.45, 7) is 3.60. The number of anilines is 1. The SMILES string of the molecule is O=C(NCc1ccccc1CN1CCCCC1)Nc1ccccc1F. The third-order valence-electron chi connectivity index (χ3n) is 4.52. The summed E-state index contributed by atoms with van der Waals surface area (Å²) in [7, 11) is 0. The number of piperidine rings is 1. The summed E-state index contributed by atoms with van der Waals surface area (Å²) in [6.07, 6.45) is 3.83. The van der Waals surface area contributed by atoms with Gasteiger partial charge < -0.3 is 10.6 Å². The molecule has 1 saturated heterocycles. The second-order valence-corrected chi connectivity index (χ2v) is 6.39. The number of amides is 2. The van der Waals surface area contributed by atoms with Crippen molar-refractivity contribution in [1.82, 2.24) is 10.2 Å². The Kier molecular flexibility index (Phi) is 6.01. The Balaban J connectivity index is 1.57. The average Bonchev–Trinajstić information content (AvgIpc) is 2.64. The highest BCUT2D eigenvalue weighted by molar-refractivity contribution is 5.89. The van der Waals surface area contributed by atoms with Gasteiger partial charge in [-0.2, -0.15) is 0 Å². The molecule has 4 nitrogen and oxygen atoms in total. The van der Waals surface area contributed by atoms with Crippen LogP contribution >= 0.6 is 0 Å². The van der Waals surface area contributed by atoms with Crippen LogP contribution in [0.5, 0.6) is 0 Å². The lowest BCUT2D eigenvalue weighted by atomic mass is 10.0. The monoisotopic (exact) mass is 341 g/mol. The fourth-order valence-electron chi connectivity index (χ4n) is 3.15. The molecule has 1 aliphatic heterocycles. The Hall–Kier alpha value is -2.40. The molecule has 0 atom stereocenters. The maximum absolute atomic E-state index is 13.6. The molecule has 3 rings (SSSR count). The molecule has 0 radical (unpaired) electrons. The van der Waals surface area contributed by atoms with Crippen molar-refractivity contribution in [3.05, 3.63) is 65.5 Å². The second kappa shape index (κ2) is 8.62. The number of hydrogen-bond donors (Lipinski definition) is 2. The summed E-state index contributed by atoms with van der Waals surface area (Å²) in [4.78, 5) is 14.5. The maximum atomic E-state index is 13.6. The van der Waals surface area contributed by atoms with E-state index in [4.69, 9.17) is 0 Å². The van der Waals surface area contributed by atoms with Crippen LogP contribution in [0.25, 0.3) is 0 Å². The zero-order valence-electron chi connectivity index (χ0n) is 14.3. The summed E-state index contributed by atoms with van der Waals surface area (Å²) in [6, 6.07) is 13.9. The van der Waals surface area contributed by atoms with Crippen LogP contribution in [0.15, 0.2) is 48.5 Å². The molecule has 2 amide bonds. The molecule has 2 N–H and O–H groups in total. The van der Waals surface area contributed by atoms with Crippen molar-refractivity contribution in [2.24, 2.45) is 0 Å². The van der Waals surface area contributed by atoms with E-state index in [-0.39, 0.29) is 5.69 Å². The zero-order chi connectivity index (χ0) is 17.5. The number of carbonyl (C=O) groups is 1. The molecule has 0 saturated carbocycles. The summed E-state index contributed by atoms with van der Waals surface area (Å²) >= 11 is 0. The zero-order valence-corrected chi connectivity index (χ0v) is 14.3. The van der Waals surface area contributed by atoms with E-state index >= 15 is 0 Å². The largest absolute Gasteiger partial charge is 0.334 e. The highest BCUT2D eigenvalue weighted by Crippen LogP contribution is 2.16. The number of benzene rings is 2. The number of urea groups is 1. The Labute approximate surface area is 148 Å². The van der Waals surface area contributed by atoms with E-state index < -0.39 is 11.8 Å². The minimum Gasteiger partial charge on any atom is -0.334 e. The number of carbonyl (C=O) groups excluding carboxylic acids is 1. The number of nitrogens with one attached hydrogen (secondary N) is 2. The van der Waals surface area contributed by atoms with Crippen molar-refractivity contribution < 1.29 is 9.18 Å². The summed E-state index contributed by atoms with van der Waals surface area (Å²) in [5.74, 6) is -0.442. The van der Waals surface area contributed by atoms with Crippen molar-refractivity contribution >= 4 is 11.7 Å². The average molecular weight is 341 g/mol. The van der Waals surface area contributed by atoms with Gasteiger partial charge in [-0.3, -0.25) is 4.90 Å². The van der Waals surface area contributed by atoms with Crippen molar-refractivity contribution in [2.45, 2.75) is 32.4 Å². The fraction of sp³-hybridized carbons (Fsp3) is 0.350. The molecule has 1 aliphatic rings. The van der Waals surface area contributed by atoms with Crippen LogP contribution in [0, 0.1) is 5.82 Å². The van der Waals surface area contributed by atoms with Gasteiger partial charge >= 0.3 is 6.03 Å². The number of rotatable bonds is 5. The van der Waals surface area contributed by atoms with E-state index in [2.05, 4.69) is 21.6 Å². The van der Waals surface area contributed by atoms with E-state index in [1.54, 1.807) is 18.2 Å². The predicted octanol–water partition coefficient (Wildman–Crippen LogP) is 4.13. The van der Waals surface area contributed by atoms with Gasteiger partial charge in [0.15, 0.2) is 0 Å². The number of nitrogens with zero attached hydrogens (tertiary/aromatic N) is 1. The molecular formula is C20H24FN3O. The van der Waals surface area contributed by atoms with Gasteiger partial charge in [-0.15, -0.1) is 0 Å². The molecular weight excluding hydrogens is 317 g/mol. The van der Waals surface area contributed by atoms with Gasteiger partial charge in [0.2, 0.25) is 0 Å². The highest BCUT2D eigenvalue weighted by atomic mass is 19.1. The molecule has 2 aromatic carbocycles. The molecule has 0 unspecified atom stereocenters. The molecule has 1 heterocycles. The number of para-hydroxylation sites is 1. The first-order valence-electron chi connectivity index (χ1n) is 8.81. The molecule has 0 bridgehead atoms. The number of likely N-dealkylation sites (tertiary alicyclic amines) is 1. The normalized spacial score (nSPS) is 14.9. The predicted molar refractivity (Wildman–Crippen MR) is 97.8 cm³/mol. The molecule has 5 heteroatoms. The summed E-state index contributed by atoms with van der Waals surface area (Å²) < 4.78 is 13.6. The first-order valence-corrected chi connectivity index (χ1v) is 8.81. The van der Waals surface area contributed by atoms with E-state index in [0.717, 1.165) is 25.2 Å². The van der Waals surface area contributed by atoms with Gasteiger partial charge in [-0.1, -0.05) is 42.8 Å². The van der Waals surface area contributed by atoms with Crippen LogP contribution in [0.2, 0.25) is 0 Å². The van der Waals surface area contributed by atoms with Gasteiger partial charge in [0.25, 0.3) is 0 Å². The van der Waals surface area contributed by atoms with Crippen LogP contribution in [0.4, 0.5) is 14.9 Å². The van der Waals surface area contributed by atoms with Gasteiger partial charge in [0.1, 0.15) is 5.82 Å². The van der Waals surface area contributed by atoms with Gasteiger partial charge in [0.05, 0.1) is 5.69 Å². The second-order valence-electron chi connectivity index (χ2n) is 6.39. The van der Waals surface area contributed by atoms with Crippen LogP contribution in [0.3, 0.4) is 0 Å². The first kappa shape index (κ1) is 17.4. The molecule has 0 aliphatic carbocycles. The molecule has 2 aromatic rings. The van der Waals surface area contributed by atoms with Crippen molar-refractivity contribution in [3.8, 4) is 0 Å². The molecule has 1 fully saturated rings. The molecule has 25 heavy (non-hydrogen) atoms. The first-order chi connectivity index (χ1) is 12.2. The van der Waals surface area contributed by atoms with Gasteiger partial charge in [-0.05, 0) is 49.2 Å². The minimum atomic E-state index is -0.442. The number of hydrogen-bond acceptors (Lipinski definition) is 2. The van der Waals surface area contributed by atoms with Gasteiger partial charge in [-0.25, -0.2) is 9.18 Å². The summed E-state index contributed by atoms with van der Waals surface area (Å²) in [5, 5.41) is 5.36. The van der Waals surface area contributed by atoms with E-state index in [9.17, 15) is 9.18 Å². The third-order valence-corrected chi connectivity index (χ3v) is 4.52. The van der Waals surface area contributed by atoms with Gasteiger partial charge in [0, 0.05) is 13.1 Å². The van der Waals surface area contributed by atoms with Crippen molar-refractivity contribution in [2.75, 3.05) is 18.4 Å². The Morgan fingerprint density at radius 1 is 0.960 bits per heavy atom. The molecule has 132 valence electrons. The van der Waals surface area contributed by atoms with E-state index in [1.807, 2.05) is 18.2 Å². The lowest BCUT2D eigenvalue weighted by Crippen LogP contribution is -2.31. The Bertz CT molecular complexity index is 714. The number of halogens is 1. The Morgan fingerprint density at radius 2 is 1.64 bits per heavy atom. The van der Waals surface area contributed by atoms with Crippen LogP contribution in [-0.2, 0) is 13.1 Å². The maximum Gasteiger partial charge on any atom is 0.319 e. The van der Waals surface area contributed by atoms with E-state index in [1.165, 1.54) is 30.9 Å². The Morgan fingerprint density at radius 3 is 2.40 bits per heavy atom. The smallest absolute Gasteiger partial charge is 0.319 e. The van der Waals surface area contributed by atoms with Crippen molar-refractivity contribution in [3.63, 3.8) is 0 Å². The minimum absolute atomic E-state index is 0.182. The van der Waals surface area contributed by atoms with Crippen LogP contribution < -0.4 is 10.6 Å². The van der Waals surface area contributed by atoms with Crippen LogP contribution in [-0.4, -0.2) is 24.0 Å². The highest BCUT2D eigenvalue weighted by Gasteiger charge is 2.13. The van der Waals surface area contributed by atoms with E-state index in [0.29, 0.717) is 6.54 Å². The van der Waals surface area contributed by atoms with Crippen LogP contribution in [0.1, 0.15) is 30.4 Å². The molecule has 0 spiro atoms. The fourth-order valence-corrected chi connectivity index (χ4v) is 3.15. The lowest BCUT2D eigenvalue weighted by molar-refractivity contribution is 0.220. The van der Waals surface area contributed by atoms with Crippen molar-refractivity contribution in [1.29, 1.82) is 0 Å². The topological polar surface area (TPSA) is 44.4 Å². The molecule has 0 aromatic heterocycles. The summed E-state index contributed by atoms with van der Waals surface area (Å²) in [5.41, 5.74) is 2.51. The lowest BCUT2D eigenvalue weighted by Gasteiger charge is -2.27. The quantitative estimate of drug-likeness (QED) is 0.859.